The van der Waals surface area contributed by atoms with Crippen molar-refractivity contribution in [3.8, 4) is 0 Å². The Hall–Kier alpha value is 0.510. The van der Waals surface area contributed by atoms with Gasteiger partial charge in [0.05, 0.1) is 19.8 Å². The Morgan fingerprint density at radius 2 is 1.84 bits per heavy atom. The topological polar surface area (TPSA) is 21.7 Å². The third-order valence-corrected chi connectivity index (χ3v) is 5.80. The maximum absolute atomic E-state index is 5.56. The predicted octanol–water partition coefficient (Wildman–Crippen LogP) is 4.28. The van der Waals surface area contributed by atoms with Gasteiger partial charge in [0.1, 0.15) is 0 Å². The monoisotopic (exact) mass is 323 g/mol. The lowest BCUT2D eigenvalue weighted by Gasteiger charge is -2.24. The van der Waals surface area contributed by atoms with Crippen molar-refractivity contribution >= 4 is 38.4 Å². The van der Waals surface area contributed by atoms with E-state index in [0.29, 0.717) is 4.38 Å². The molecule has 1 rings (SSSR count). The number of rotatable bonds is 9. The number of hydrogen-bond donors (Lipinski definition) is 0. The van der Waals surface area contributed by atoms with Crippen LogP contribution in [0.4, 0.5) is 0 Å². The predicted molar refractivity (Wildman–Crippen MR) is 89.5 cm³/mol. The van der Waals surface area contributed by atoms with Crippen LogP contribution in [0.15, 0.2) is 0 Å². The van der Waals surface area contributed by atoms with E-state index in [4.69, 9.17) is 21.7 Å². The van der Waals surface area contributed by atoms with Gasteiger partial charge in [-0.05, 0) is 18.6 Å². The van der Waals surface area contributed by atoms with Crippen LogP contribution in [-0.4, -0.2) is 41.6 Å². The van der Waals surface area contributed by atoms with Crippen LogP contribution in [-0.2, 0) is 9.47 Å². The molecule has 19 heavy (non-hydrogen) atoms. The van der Waals surface area contributed by atoms with E-state index in [9.17, 15) is 0 Å². The number of hydrogen-bond acceptors (Lipinski definition) is 6. The SMILES string of the molecule is CCCCCCCCOC(=S)SSN1CCOCC1. The summed E-state index contributed by atoms with van der Waals surface area (Å²) < 4.78 is 13.8. The Morgan fingerprint density at radius 3 is 2.58 bits per heavy atom. The van der Waals surface area contributed by atoms with Crippen molar-refractivity contribution in [2.24, 2.45) is 0 Å². The molecule has 0 aliphatic carbocycles. The molecule has 1 fully saturated rings. The molecule has 0 atom stereocenters. The highest BCUT2D eigenvalue weighted by Gasteiger charge is 2.12. The maximum Gasteiger partial charge on any atom is 0.232 e. The first kappa shape index (κ1) is 17.6. The summed E-state index contributed by atoms with van der Waals surface area (Å²) in [4.78, 5) is 0. The average Bonchev–Trinajstić information content (AvgIpc) is 2.45. The fourth-order valence-corrected chi connectivity index (χ4v) is 3.81. The zero-order valence-electron chi connectivity index (χ0n) is 11.8. The van der Waals surface area contributed by atoms with Gasteiger partial charge in [-0.3, -0.25) is 0 Å². The molecule has 0 radical (unpaired) electrons. The van der Waals surface area contributed by atoms with Gasteiger partial charge in [-0.25, -0.2) is 4.31 Å². The quantitative estimate of drug-likeness (QED) is 0.271. The van der Waals surface area contributed by atoms with E-state index in [1.807, 2.05) is 0 Å². The van der Waals surface area contributed by atoms with E-state index in [1.54, 1.807) is 21.8 Å². The summed E-state index contributed by atoms with van der Waals surface area (Å²) in [5.74, 6) is 0. The third kappa shape index (κ3) is 9.96. The lowest BCUT2D eigenvalue weighted by molar-refractivity contribution is 0.0779. The highest BCUT2D eigenvalue weighted by atomic mass is 33.1. The van der Waals surface area contributed by atoms with Gasteiger partial charge in [-0.15, -0.1) is 0 Å². The summed E-state index contributed by atoms with van der Waals surface area (Å²) in [6.45, 7) is 6.58. The van der Waals surface area contributed by atoms with E-state index >= 15 is 0 Å². The van der Waals surface area contributed by atoms with Crippen molar-refractivity contribution in [3.05, 3.63) is 0 Å². The molecular formula is C13H25NO2S3. The highest BCUT2D eigenvalue weighted by Crippen LogP contribution is 2.28. The third-order valence-electron chi connectivity index (χ3n) is 2.90. The Labute approximate surface area is 130 Å². The van der Waals surface area contributed by atoms with Crippen molar-refractivity contribution in [2.45, 2.75) is 45.4 Å². The second-order valence-electron chi connectivity index (χ2n) is 4.57. The fourth-order valence-electron chi connectivity index (χ4n) is 1.77. The molecule has 1 heterocycles. The zero-order chi connectivity index (χ0) is 13.8. The van der Waals surface area contributed by atoms with E-state index in [0.717, 1.165) is 39.3 Å². The van der Waals surface area contributed by atoms with Crippen LogP contribution in [0.3, 0.4) is 0 Å². The first-order valence-corrected chi connectivity index (χ1v) is 9.68. The molecule has 0 amide bonds. The summed E-state index contributed by atoms with van der Waals surface area (Å²) in [6.07, 6.45) is 7.69. The first-order chi connectivity index (χ1) is 9.33. The van der Waals surface area contributed by atoms with Crippen LogP contribution in [0.1, 0.15) is 45.4 Å². The fraction of sp³-hybridized carbons (Fsp3) is 0.923. The van der Waals surface area contributed by atoms with Crippen molar-refractivity contribution in [3.63, 3.8) is 0 Å². The van der Waals surface area contributed by atoms with Gasteiger partial charge in [0, 0.05) is 34.9 Å². The molecule has 3 nitrogen and oxygen atoms in total. The van der Waals surface area contributed by atoms with Crippen LogP contribution in [0.5, 0.6) is 0 Å². The van der Waals surface area contributed by atoms with Crippen LogP contribution in [0, 0.1) is 0 Å². The molecule has 0 N–H and O–H groups in total. The molecule has 0 aromatic carbocycles. The van der Waals surface area contributed by atoms with E-state index in [1.165, 1.54) is 32.1 Å². The largest absolute Gasteiger partial charge is 0.478 e. The minimum absolute atomic E-state index is 0.657. The van der Waals surface area contributed by atoms with Gasteiger partial charge in [-0.1, -0.05) is 39.0 Å². The summed E-state index contributed by atoms with van der Waals surface area (Å²) in [5.41, 5.74) is 0. The summed E-state index contributed by atoms with van der Waals surface area (Å²) in [6, 6.07) is 0. The zero-order valence-corrected chi connectivity index (χ0v) is 14.2. The molecule has 0 saturated carbocycles. The van der Waals surface area contributed by atoms with Gasteiger partial charge < -0.3 is 9.47 Å². The molecule has 1 aliphatic rings. The molecule has 0 bridgehead atoms. The molecule has 0 aromatic rings. The van der Waals surface area contributed by atoms with Gasteiger partial charge in [-0.2, -0.15) is 0 Å². The summed E-state index contributed by atoms with van der Waals surface area (Å²) >= 11 is 5.20. The number of morpholine rings is 1. The van der Waals surface area contributed by atoms with Crippen LogP contribution in [0.25, 0.3) is 0 Å². The Morgan fingerprint density at radius 1 is 1.16 bits per heavy atom. The van der Waals surface area contributed by atoms with Crippen molar-refractivity contribution < 1.29 is 9.47 Å². The molecule has 0 unspecified atom stereocenters. The van der Waals surface area contributed by atoms with E-state index in [-0.39, 0.29) is 0 Å². The average molecular weight is 324 g/mol. The van der Waals surface area contributed by atoms with E-state index in [2.05, 4.69) is 11.2 Å². The second-order valence-corrected chi connectivity index (χ2v) is 7.34. The van der Waals surface area contributed by atoms with E-state index < -0.39 is 0 Å². The number of nitrogens with zero attached hydrogens (tertiary/aromatic N) is 1. The molecule has 0 aromatic heterocycles. The number of ether oxygens (including phenoxy) is 2. The summed E-state index contributed by atoms with van der Waals surface area (Å²) in [7, 11) is 3.24. The normalized spacial score (nSPS) is 16.5. The van der Waals surface area contributed by atoms with Gasteiger partial charge in [0.25, 0.3) is 0 Å². The Kier molecular flexibility index (Phi) is 11.3. The standard InChI is InChI=1S/C13H25NO2S3/c1-2-3-4-5-6-7-10-16-13(17)18-19-14-8-11-15-12-9-14/h2-12H2,1H3. The van der Waals surface area contributed by atoms with Crippen molar-refractivity contribution in [1.82, 2.24) is 4.31 Å². The highest BCUT2D eigenvalue weighted by molar-refractivity contribution is 8.82. The second kappa shape index (κ2) is 12.3. The van der Waals surface area contributed by atoms with Crippen molar-refractivity contribution in [2.75, 3.05) is 32.9 Å². The number of thiocarbonyl (C=S) groups is 1. The van der Waals surface area contributed by atoms with Crippen molar-refractivity contribution in [1.29, 1.82) is 0 Å². The summed E-state index contributed by atoms with van der Waals surface area (Å²) in [5, 5.41) is 0. The Balaban J connectivity index is 1.87. The van der Waals surface area contributed by atoms with Crippen LogP contribution in [0.2, 0.25) is 0 Å². The molecule has 1 aliphatic heterocycles. The maximum atomic E-state index is 5.56. The smallest absolute Gasteiger partial charge is 0.232 e. The van der Waals surface area contributed by atoms with Gasteiger partial charge in [0.15, 0.2) is 0 Å². The first-order valence-electron chi connectivity index (χ1n) is 7.17. The van der Waals surface area contributed by atoms with Crippen LogP contribution >= 0.6 is 34.0 Å². The lowest BCUT2D eigenvalue weighted by atomic mass is 10.1. The minimum atomic E-state index is 0.657. The van der Waals surface area contributed by atoms with Crippen LogP contribution < -0.4 is 0 Å². The molecule has 0 spiro atoms. The van der Waals surface area contributed by atoms with Gasteiger partial charge in [0.2, 0.25) is 4.38 Å². The molecule has 6 heteroatoms. The minimum Gasteiger partial charge on any atom is -0.478 e. The Bertz CT molecular complexity index is 236. The molecule has 112 valence electrons. The molecule has 1 saturated heterocycles. The lowest BCUT2D eigenvalue weighted by Crippen LogP contribution is -2.30. The number of unbranched alkanes of at least 4 members (excludes halogenated alkanes) is 5. The molecular weight excluding hydrogens is 298 g/mol. The van der Waals surface area contributed by atoms with Gasteiger partial charge >= 0.3 is 0 Å².